The fraction of sp³-hybridized carbons (Fsp3) is 0.600. The normalized spacial score (nSPS) is 13.0. The van der Waals surface area contributed by atoms with E-state index in [0.29, 0.717) is 11.3 Å². The molecule has 1 nitrogen and oxygen atoms in total. The predicted molar refractivity (Wildman–Crippen MR) is 79.9 cm³/mol. The van der Waals surface area contributed by atoms with Gasteiger partial charge in [-0.3, -0.25) is 0 Å². The average Bonchev–Trinajstić information content (AvgIpc) is 2.29. The monoisotopic (exact) mass is 251 g/mol. The number of hydrogen-bond donors (Lipinski definition) is 1. The van der Waals surface area contributed by atoms with Gasteiger partial charge >= 0.3 is 0 Å². The van der Waals surface area contributed by atoms with E-state index in [1.54, 1.807) is 0 Å². The van der Waals surface area contributed by atoms with Crippen LogP contribution < -0.4 is 5.32 Å². The molecule has 0 fully saturated rings. The lowest BCUT2D eigenvalue weighted by Crippen LogP contribution is -2.33. The minimum absolute atomic E-state index is 0.593. The molecule has 1 unspecified atom stereocenters. The molecular formula is C15H25NS. The topological polar surface area (TPSA) is 12.0 Å². The summed E-state index contributed by atoms with van der Waals surface area (Å²) in [6, 6.07) is 9.50. The Morgan fingerprint density at radius 2 is 1.82 bits per heavy atom. The standard InChI is InChI=1S/C15H25NS/c1-5-16-15(11-17-12(2)3)10-14-8-6-13(4)7-9-14/h6-9,12,15-16H,5,10-11H2,1-4H3. The molecule has 0 heterocycles. The van der Waals surface area contributed by atoms with Crippen molar-refractivity contribution in [2.24, 2.45) is 0 Å². The third-order valence-electron chi connectivity index (χ3n) is 2.73. The van der Waals surface area contributed by atoms with Gasteiger partial charge in [-0.1, -0.05) is 50.6 Å². The lowest BCUT2D eigenvalue weighted by Gasteiger charge is -2.19. The molecule has 0 radical (unpaired) electrons. The van der Waals surface area contributed by atoms with Crippen molar-refractivity contribution in [2.75, 3.05) is 12.3 Å². The van der Waals surface area contributed by atoms with Gasteiger partial charge in [-0.15, -0.1) is 0 Å². The van der Waals surface area contributed by atoms with Gasteiger partial charge in [-0.05, 0) is 30.7 Å². The zero-order valence-electron chi connectivity index (χ0n) is 11.5. The number of thioether (sulfide) groups is 1. The first kappa shape index (κ1) is 14.6. The molecule has 1 atom stereocenters. The van der Waals surface area contributed by atoms with Gasteiger partial charge in [0.15, 0.2) is 0 Å². The molecule has 2 heteroatoms. The van der Waals surface area contributed by atoms with Crippen molar-refractivity contribution < 1.29 is 0 Å². The highest BCUT2D eigenvalue weighted by Gasteiger charge is 2.09. The average molecular weight is 251 g/mol. The Morgan fingerprint density at radius 3 is 2.35 bits per heavy atom. The Labute approximate surface area is 110 Å². The zero-order valence-corrected chi connectivity index (χ0v) is 12.3. The maximum absolute atomic E-state index is 3.58. The minimum atomic E-state index is 0.593. The molecule has 1 N–H and O–H groups in total. The van der Waals surface area contributed by atoms with Gasteiger partial charge in [0, 0.05) is 11.8 Å². The molecule has 1 aromatic carbocycles. The number of hydrogen-bond acceptors (Lipinski definition) is 2. The van der Waals surface area contributed by atoms with Gasteiger partial charge in [0.1, 0.15) is 0 Å². The molecule has 0 aliphatic rings. The number of aryl methyl sites for hydroxylation is 1. The largest absolute Gasteiger partial charge is 0.313 e. The summed E-state index contributed by atoms with van der Waals surface area (Å²) >= 11 is 2.04. The molecule has 0 bridgehead atoms. The highest BCUT2D eigenvalue weighted by molar-refractivity contribution is 7.99. The summed E-state index contributed by atoms with van der Waals surface area (Å²) in [6.07, 6.45) is 1.13. The van der Waals surface area contributed by atoms with Crippen molar-refractivity contribution in [2.45, 2.75) is 45.4 Å². The first-order chi connectivity index (χ1) is 8.11. The molecule has 0 aliphatic carbocycles. The van der Waals surface area contributed by atoms with E-state index in [1.165, 1.54) is 16.9 Å². The van der Waals surface area contributed by atoms with E-state index in [0.717, 1.165) is 13.0 Å². The Balaban J connectivity index is 2.50. The first-order valence-corrected chi connectivity index (χ1v) is 7.57. The molecule has 17 heavy (non-hydrogen) atoms. The van der Waals surface area contributed by atoms with Crippen LogP contribution in [-0.4, -0.2) is 23.6 Å². The summed E-state index contributed by atoms with van der Waals surface area (Å²) in [5, 5.41) is 4.30. The highest BCUT2D eigenvalue weighted by Crippen LogP contribution is 2.14. The fourth-order valence-electron chi connectivity index (χ4n) is 1.80. The second-order valence-corrected chi connectivity index (χ2v) is 6.44. The van der Waals surface area contributed by atoms with Crippen molar-refractivity contribution in [3.63, 3.8) is 0 Å². The van der Waals surface area contributed by atoms with E-state index < -0.39 is 0 Å². The summed E-state index contributed by atoms with van der Waals surface area (Å²) < 4.78 is 0. The van der Waals surface area contributed by atoms with E-state index in [-0.39, 0.29) is 0 Å². The molecule has 0 aromatic heterocycles. The Morgan fingerprint density at radius 1 is 1.18 bits per heavy atom. The summed E-state index contributed by atoms with van der Waals surface area (Å²) in [5.74, 6) is 1.19. The van der Waals surface area contributed by atoms with Crippen LogP contribution in [0.2, 0.25) is 0 Å². The fourth-order valence-corrected chi connectivity index (χ4v) is 2.65. The smallest absolute Gasteiger partial charge is 0.0198 e. The van der Waals surface area contributed by atoms with Crippen LogP contribution in [0.4, 0.5) is 0 Å². The van der Waals surface area contributed by atoms with Crippen LogP contribution in [0.1, 0.15) is 31.9 Å². The van der Waals surface area contributed by atoms with E-state index in [4.69, 9.17) is 0 Å². The molecule has 0 spiro atoms. The van der Waals surface area contributed by atoms with Crippen LogP contribution in [0, 0.1) is 6.92 Å². The van der Waals surface area contributed by atoms with Gasteiger partial charge in [0.25, 0.3) is 0 Å². The molecule has 0 saturated carbocycles. The Hall–Kier alpha value is -0.470. The van der Waals surface area contributed by atoms with Crippen molar-refractivity contribution in [1.82, 2.24) is 5.32 Å². The van der Waals surface area contributed by atoms with Crippen LogP contribution in [-0.2, 0) is 6.42 Å². The van der Waals surface area contributed by atoms with Gasteiger partial charge < -0.3 is 5.32 Å². The SMILES string of the molecule is CCNC(CSC(C)C)Cc1ccc(C)cc1. The van der Waals surface area contributed by atoms with Crippen LogP contribution in [0.3, 0.4) is 0 Å². The van der Waals surface area contributed by atoms with E-state index >= 15 is 0 Å². The van der Waals surface area contributed by atoms with Crippen molar-refractivity contribution in [1.29, 1.82) is 0 Å². The maximum Gasteiger partial charge on any atom is 0.0198 e. The Kier molecular flexibility index (Phi) is 6.68. The quantitative estimate of drug-likeness (QED) is 0.794. The van der Waals surface area contributed by atoms with Crippen molar-refractivity contribution in [3.8, 4) is 0 Å². The third-order valence-corrected chi connectivity index (χ3v) is 3.99. The van der Waals surface area contributed by atoms with E-state index in [1.807, 2.05) is 11.8 Å². The van der Waals surface area contributed by atoms with Gasteiger partial charge in [-0.2, -0.15) is 11.8 Å². The molecule has 1 aromatic rings. The summed E-state index contributed by atoms with van der Waals surface area (Å²) in [7, 11) is 0. The number of nitrogens with one attached hydrogen (secondary N) is 1. The lowest BCUT2D eigenvalue weighted by atomic mass is 10.1. The zero-order chi connectivity index (χ0) is 12.7. The second kappa shape index (κ2) is 7.78. The summed E-state index contributed by atoms with van der Waals surface area (Å²) in [5.41, 5.74) is 2.77. The van der Waals surface area contributed by atoms with Gasteiger partial charge in [0.2, 0.25) is 0 Å². The van der Waals surface area contributed by atoms with Crippen LogP contribution in [0.25, 0.3) is 0 Å². The third kappa shape index (κ3) is 6.13. The number of benzene rings is 1. The molecule has 0 amide bonds. The van der Waals surface area contributed by atoms with E-state index in [9.17, 15) is 0 Å². The van der Waals surface area contributed by atoms with Crippen LogP contribution in [0.5, 0.6) is 0 Å². The summed E-state index contributed by atoms with van der Waals surface area (Å²) in [4.78, 5) is 0. The van der Waals surface area contributed by atoms with E-state index in [2.05, 4.69) is 57.3 Å². The van der Waals surface area contributed by atoms with Gasteiger partial charge in [-0.25, -0.2) is 0 Å². The molecule has 96 valence electrons. The van der Waals surface area contributed by atoms with Crippen LogP contribution in [0.15, 0.2) is 24.3 Å². The molecule has 1 rings (SSSR count). The maximum atomic E-state index is 3.58. The summed E-state index contributed by atoms with van der Waals surface area (Å²) in [6.45, 7) is 9.90. The van der Waals surface area contributed by atoms with Crippen molar-refractivity contribution in [3.05, 3.63) is 35.4 Å². The molecule has 0 saturated heterocycles. The van der Waals surface area contributed by atoms with Gasteiger partial charge in [0.05, 0.1) is 0 Å². The Bertz CT molecular complexity index is 305. The highest BCUT2D eigenvalue weighted by atomic mass is 32.2. The minimum Gasteiger partial charge on any atom is -0.313 e. The first-order valence-electron chi connectivity index (χ1n) is 6.52. The predicted octanol–water partition coefficient (Wildman–Crippen LogP) is 3.66. The molecule has 0 aliphatic heterocycles. The second-order valence-electron chi connectivity index (χ2n) is 4.83. The molecular weight excluding hydrogens is 226 g/mol. The van der Waals surface area contributed by atoms with Crippen LogP contribution >= 0.6 is 11.8 Å². The van der Waals surface area contributed by atoms with Crippen molar-refractivity contribution >= 4 is 11.8 Å². The lowest BCUT2D eigenvalue weighted by molar-refractivity contribution is 0.572. The number of likely N-dealkylation sites (N-methyl/N-ethyl adjacent to an activating group) is 1. The number of rotatable bonds is 7.